The summed E-state index contributed by atoms with van der Waals surface area (Å²) in [7, 11) is 1.56. The molecular weight excluding hydrogens is 412 g/mol. The third-order valence-electron chi connectivity index (χ3n) is 5.20. The van der Waals surface area contributed by atoms with Gasteiger partial charge < -0.3 is 9.84 Å². The maximum atomic E-state index is 13.1. The van der Waals surface area contributed by atoms with Crippen LogP contribution in [-0.4, -0.2) is 23.9 Å². The molecule has 0 radical (unpaired) electrons. The summed E-state index contributed by atoms with van der Waals surface area (Å²) in [6.07, 6.45) is 0. The molecule has 1 saturated heterocycles. The number of carbonyl (C=O) groups is 2. The Morgan fingerprint density at radius 1 is 1.16 bits per heavy atom. The molecule has 2 aromatic carbocycles. The standard InChI is InChI=1S/C24H18N2O4S/c1-14-12-16(7-10-18(14)30-2)22(27)20-21(19-4-3-11-31-19)26(24(29)23(20)28)17-8-5-15(13-25)6-9-17/h3-12,21,27H,1-2H3/b22-20-. The normalized spacial score (nSPS) is 17.6. The Balaban J connectivity index is 1.89. The van der Waals surface area contributed by atoms with E-state index in [1.165, 1.54) is 16.2 Å². The van der Waals surface area contributed by atoms with Crippen LogP contribution in [0.3, 0.4) is 0 Å². The summed E-state index contributed by atoms with van der Waals surface area (Å²) in [4.78, 5) is 28.2. The number of amides is 1. The van der Waals surface area contributed by atoms with Gasteiger partial charge in [-0.2, -0.15) is 5.26 Å². The molecule has 7 heteroatoms. The molecule has 4 rings (SSSR count). The highest BCUT2D eigenvalue weighted by Gasteiger charge is 2.47. The first-order chi connectivity index (χ1) is 15.0. The Labute approximate surface area is 183 Å². The van der Waals surface area contributed by atoms with Crippen LogP contribution in [0, 0.1) is 18.3 Å². The number of methoxy groups -OCH3 is 1. The molecule has 0 spiro atoms. The maximum absolute atomic E-state index is 13.1. The van der Waals surface area contributed by atoms with Crippen LogP contribution in [0.25, 0.3) is 5.76 Å². The van der Waals surface area contributed by atoms with E-state index in [-0.39, 0.29) is 11.3 Å². The van der Waals surface area contributed by atoms with Crippen LogP contribution in [0.15, 0.2) is 65.6 Å². The fourth-order valence-electron chi connectivity index (χ4n) is 3.69. The number of rotatable bonds is 4. The van der Waals surface area contributed by atoms with Gasteiger partial charge in [-0.1, -0.05) is 6.07 Å². The quantitative estimate of drug-likeness (QED) is 0.372. The largest absolute Gasteiger partial charge is 0.507 e. The predicted molar refractivity (Wildman–Crippen MR) is 118 cm³/mol. The molecule has 154 valence electrons. The lowest BCUT2D eigenvalue weighted by atomic mass is 9.98. The van der Waals surface area contributed by atoms with Gasteiger partial charge >= 0.3 is 0 Å². The molecule has 1 amide bonds. The van der Waals surface area contributed by atoms with E-state index in [0.717, 1.165) is 10.4 Å². The Kier molecular flexibility index (Phi) is 5.32. The monoisotopic (exact) mass is 430 g/mol. The molecule has 0 aliphatic carbocycles. The van der Waals surface area contributed by atoms with E-state index in [0.29, 0.717) is 22.6 Å². The van der Waals surface area contributed by atoms with E-state index in [2.05, 4.69) is 0 Å². The number of hydrogen-bond acceptors (Lipinski definition) is 6. The Bertz CT molecular complexity index is 1240. The maximum Gasteiger partial charge on any atom is 0.300 e. The molecule has 1 aliphatic rings. The van der Waals surface area contributed by atoms with E-state index >= 15 is 0 Å². The molecular formula is C24H18N2O4S. The number of carbonyl (C=O) groups excluding carboxylic acids is 2. The van der Waals surface area contributed by atoms with Crippen molar-refractivity contribution in [3.8, 4) is 11.8 Å². The molecule has 1 unspecified atom stereocenters. The lowest BCUT2D eigenvalue weighted by molar-refractivity contribution is -0.132. The second kappa shape index (κ2) is 8.09. The third kappa shape index (κ3) is 3.47. The average Bonchev–Trinajstić information content (AvgIpc) is 3.40. The summed E-state index contributed by atoms with van der Waals surface area (Å²) in [5, 5.41) is 22.0. The van der Waals surface area contributed by atoms with Crippen molar-refractivity contribution in [2.45, 2.75) is 13.0 Å². The van der Waals surface area contributed by atoms with Crippen molar-refractivity contribution < 1.29 is 19.4 Å². The van der Waals surface area contributed by atoms with Gasteiger partial charge in [0.2, 0.25) is 0 Å². The van der Waals surface area contributed by atoms with Crippen LogP contribution in [0.4, 0.5) is 5.69 Å². The van der Waals surface area contributed by atoms with Crippen LogP contribution in [0.2, 0.25) is 0 Å². The molecule has 1 aromatic heterocycles. The van der Waals surface area contributed by atoms with Crippen molar-refractivity contribution in [1.29, 1.82) is 5.26 Å². The van der Waals surface area contributed by atoms with Gasteiger partial charge in [-0.25, -0.2) is 0 Å². The van der Waals surface area contributed by atoms with E-state index in [1.807, 2.05) is 30.5 Å². The minimum absolute atomic E-state index is 0.0291. The van der Waals surface area contributed by atoms with Crippen molar-refractivity contribution in [1.82, 2.24) is 0 Å². The van der Waals surface area contributed by atoms with Crippen LogP contribution in [0.5, 0.6) is 5.75 Å². The summed E-state index contributed by atoms with van der Waals surface area (Å²) in [6.45, 7) is 1.84. The lowest BCUT2D eigenvalue weighted by Gasteiger charge is -2.24. The van der Waals surface area contributed by atoms with Crippen molar-refractivity contribution in [3.05, 3.63) is 87.1 Å². The Morgan fingerprint density at radius 3 is 2.48 bits per heavy atom. The van der Waals surface area contributed by atoms with Gasteiger partial charge in [-0.05, 0) is 66.4 Å². The smallest absolute Gasteiger partial charge is 0.300 e. The first kappa shape index (κ1) is 20.4. The number of nitrogens with zero attached hydrogens (tertiary/aromatic N) is 2. The zero-order chi connectivity index (χ0) is 22.1. The second-order valence-corrected chi connectivity index (χ2v) is 8.01. The summed E-state index contributed by atoms with van der Waals surface area (Å²) in [6, 6.07) is 16.4. The second-order valence-electron chi connectivity index (χ2n) is 7.03. The summed E-state index contributed by atoms with van der Waals surface area (Å²) < 4.78 is 5.27. The van der Waals surface area contributed by atoms with Crippen molar-refractivity contribution >= 4 is 34.5 Å². The van der Waals surface area contributed by atoms with Crippen molar-refractivity contribution in [3.63, 3.8) is 0 Å². The summed E-state index contributed by atoms with van der Waals surface area (Å²) in [5.74, 6) is -1.06. The number of Topliss-reactive ketones (excluding diaryl/α,β-unsaturated/α-hetero) is 1. The zero-order valence-corrected chi connectivity index (χ0v) is 17.6. The first-order valence-electron chi connectivity index (χ1n) is 9.46. The van der Waals surface area contributed by atoms with Crippen molar-refractivity contribution in [2.24, 2.45) is 0 Å². The number of ether oxygens (including phenoxy) is 1. The van der Waals surface area contributed by atoms with Gasteiger partial charge in [0.25, 0.3) is 11.7 Å². The summed E-state index contributed by atoms with van der Waals surface area (Å²) >= 11 is 1.39. The number of anilines is 1. The van der Waals surface area contributed by atoms with Crippen LogP contribution >= 0.6 is 11.3 Å². The molecule has 31 heavy (non-hydrogen) atoms. The fraction of sp³-hybridized carbons (Fsp3) is 0.125. The predicted octanol–water partition coefficient (Wildman–Crippen LogP) is 4.56. The highest BCUT2D eigenvalue weighted by atomic mass is 32.1. The van der Waals surface area contributed by atoms with E-state index < -0.39 is 17.7 Å². The number of benzene rings is 2. The zero-order valence-electron chi connectivity index (χ0n) is 16.8. The van der Waals surface area contributed by atoms with E-state index in [1.54, 1.807) is 49.6 Å². The number of aliphatic hydroxyl groups is 1. The number of hydrogen-bond donors (Lipinski definition) is 1. The number of ketones is 1. The lowest BCUT2D eigenvalue weighted by Crippen LogP contribution is -2.29. The van der Waals surface area contributed by atoms with E-state index in [4.69, 9.17) is 10.00 Å². The number of aliphatic hydroxyl groups excluding tert-OH is 1. The summed E-state index contributed by atoms with van der Waals surface area (Å²) in [5.41, 5.74) is 2.17. The van der Waals surface area contributed by atoms with Crippen LogP contribution in [-0.2, 0) is 9.59 Å². The molecule has 3 aromatic rings. The molecule has 1 N–H and O–H groups in total. The van der Waals surface area contributed by atoms with Crippen LogP contribution < -0.4 is 9.64 Å². The molecule has 2 heterocycles. The first-order valence-corrected chi connectivity index (χ1v) is 10.3. The molecule has 0 saturated carbocycles. The SMILES string of the molecule is COc1ccc(/C(O)=C2/C(=O)C(=O)N(c3ccc(C#N)cc3)C2c2cccs2)cc1C. The Morgan fingerprint density at radius 2 is 1.90 bits per heavy atom. The topological polar surface area (TPSA) is 90.6 Å². The van der Waals surface area contributed by atoms with Gasteiger partial charge in [-0.15, -0.1) is 11.3 Å². The minimum Gasteiger partial charge on any atom is -0.507 e. The van der Waals surface area contributed by atoms with Gasteiger partial charge in [0, 0.05) is 16.1 Å². The number of nitriles is 1. The van der Waals surface area contributed by atoms with Gasteiger partial charge in [0.1, 0.15) is 17.6 Å². The van der Waals surface area contributed by atoms with Crippen LogP contribution in [0.1, 0.15) is 27.6 Å². The minimum atomic E-state index is -0.768. The average molecular weight is 430 g/mol. The van der Waals surface area contributed by atoms with Crippen molar-refractivity contribution in [2.75, 3.05) is 12.0 Å². The molecule has 1 atom stereocenters. The van der Waals surface area contributed by atoms with Gasteiger partial charge in [-0.3, -0.25) is 14.5 Å². The fourth-order valence-corrected chi connectivity index (χ4v) is 4.52. The number of thiophene rings is 1. The molecule has 1 aliphatic heterocycles. The highest BCUT2D eigenvalue weighted by molar-refractivity contribution is 7.10. The molecule has 6 nitrogen and oxygen atoms in total. The molecule has 0 bridgehead atoms. The third-order valence-corrected chi connectivity index (χ3v) is 6.12. The van der Waals surface area contributed by atoms with E-state index in [9.17, 15) is 14.7 Å². The van der Waals surface area contributed by atoms with Gasteiger partial charge in [0.15, 0.2) is 0 Å². The Hall–Kier alpha value is -3.89. The van der Waals surface area contributed by atoms with Gasteiger partial charge in [0.05, 0.1) is 24.3 Å². The molecule has 1 fully saturated rings. The highest BCUT2D eigenvalue weighted by Crippen LogP contribution is 2.43. The number of aryl methyl sites for hydroxylation is 1.